The zero-order chi connectivity index (χ0) is 16.6. The third kappa shape index (κ3) is 3.13. The van der Waals surface area contributed by atoms with Gasteiger partial charge in [0, 0.05) is 22.6 Å². The molecule has 2 aliphatic heterocycles. The highest BCUT2D eigenvalue weighted by atomic mass is 79.9. The van der Waals surface area contributed by atoms with E-state index < -0.39 is 11.9 Å². The largest absolute Gasteiger partial charge is 0.488 e. The number of ether oxygens (including phenoxy) is 1. The number of hydrogen-bond acceptors (Lipinski definition) is 3. The normalized spacial score (nSPS) is 23.6. The van der Waals surface area contributed by atoms with E-state index in [9.17, 15) is 14.7 Å². The molecule has 3 rings (SSSR count). The van der Waals surface area contributed by atoms with Gasteiger partial charge in [0.25, 0.3) is 5.91 Å². The number of likely N-dealkylation sites (tertiary alicyclic amines) is 1. The molecule has 1 fully saturated rings. The number of rotatable bonds is 2. The Morgan fingerprint density at radius 2 is 2.17 bits per heavy atom. The van der Waals surface area contributed by atoms with Gasteiger partial charge in [-0.1, -0.05) is 15.9 Å². The van der Waals surface area contributed by atoms with Gasteiger partial charge in [0.1, 0.15) is 12.4 Å². The Labute approximate surface area is 143 Å². The smallest absolute Gasteiger partial charge is 0.308 e. The van der Waals surface area contributed by atoms with Crippen molar-refractivity contribution in [1.29, 1.82) is 0 Å². The fourth-order valence-electron chi connectivity index (χ4n) is 3.22. The van der Waals surface area contributed by atoms with Crippen LogP contribution in [0.25, 0.3) is 6.08 Å². The Morgan fingerprint density at radius 3 is 2.91 bits per heavy atom. The molecule has 0 bridgehead atoms. The van der Waals surface area contributed by atoms with E-state index in [1.807, 2.05) is 31.2 Å². The van der Waals surface area contributed by atoms with Gasteiger partial charge in [0.05, 0.1) is 11.5 Å². The van der Waals surface area contributed by atoms with Crippen molar-refractivity contribution in [2.24, 2.45) is 5.92 Å². The third-order valence-corrected chi connectivity index (χ3v) is 5.02. The molecule has 0 aromatic heterocycles. The van der Waals surface area contributed by atoms with Crippen LogP contribution in [-0.4, -0.2) is 41.1 Å². The topological polar surface area (TPSA) is 66.8 Å². The number of nitrogens with zero attached hydrogens (tertiary/aromatic N) is 1. The van der Waals surface area contributed by atoms with Gasteiger partial charge in [-0.05, 0) is 44.0 Å². The Hall–Kier alpha value is -1.82. The van der Waals surface area contributed by atoms with E-state index >= 15 is 0 Å². The van der Waals surface area contributed by atoms with Gasteiger partial charge in [-0.3, -0.25) is 9.59 Å². The number of benzene rings is 1. The molecule has 1 N–H and O–H groups in total. The molecule has 2 aliphatic rings. The molecule has 1 amide bonds. The summed E-state index contributed by atoms with van der Waals surface area (Å²) in [5.74, 6) is -0.716. The number of halogens is 1. The van der Waals surface area contributed by atoms with Crippen LogP contribution in [0, 0.1) is 5.92 Å². The fourth-order valence-corrected chi connectivity index (χ4v) is 3.60. The minimum Gasteiger partial charge on any atom is -0.488 e. The summed E-state index contributed by atoms with van der Waals surface area (Å²) in [6.07, 6.45) is 3.16. The minimum absolute atomic E-state index is 0.130. The highest BCUT2D eigenvalue weighted by Gasteiger charge is 2.36. The average molecular weight is 380 g/mol. The quantitative estimate of drug-likeness (QED) is 0.857. The van der Waals surface area contributed by atoms with Crippen LogP contribution in [0.15, 0.2) is 28.2 Å². The monoisotopic (exact) mass is 379 g/mol. The molecule has 0 aliphatic carbocycles. The molecular weight excluding hydrogens is 362 g/mol. The first-order valence-electron chi connectivity index (χ1n) is 7.64. The molecule has 0 radical (unpaired) electrons. The van der Waals surface area contributed by atoms with Crippen LogP contribution in [-0.2, 0) is 9.59 Å². The molecule has 5 nitrogen and oxygen atoms in total. The lowest BCUT2D eigenvalue weighted by Gasteiger charge is -2.38. The number of aliphatic carboxylic acids is 1. The molecule has 23 heavy (non-hydrogen) atoms. The second kappa shape index (κ2) is 6.35. The van der Waals surface area contributed by atoms with Gasteiger partial charge < -0.3 is 14.7 Å². The van der Waals surface area contributed by atoms with Crippen LogP contribution >= 0.6 is 15.9 Å². The van der Waals surface area contributed by atoms with Crippen molar-refractivity contribution in [3.8, 4) is 5.75 Å². The number of amides is 1. The maximum atomic E-state index is 12.8. The van der Waals surface area contributed by atoms with E-state index in [0.29, 0.717) is 25.0 Å². The van der Waals surface area contributed by atoms with Crippen LogP contribution in [0.3, 0.4) is 0 Å². The number of hydrogen-bond donors (Lipinski definition) is 1. The second-order valence-corrected chi connectivity index (χ2v) is 6.88. The van der Waals surface area contributed by atoms with Crippen molar-refractivity contribution < 1.29 is 19.4 Å². The van der Waals surface area contributed by atoms with Gasteiger partial charge in [-0.2, -0.15) is 0 Å². The molecule has 1 aromatic carbocycles. The van der Waals surface area contributed by atoms with E-state index in [2.05, 4.69) is 15.9 Å². The number of fused-ring (bicyclic) bond motifs is 1. The van der Waals surface area contributed by atoms with E-state index in [-0.39, 0.29) is 18.6 Å². The summed E-state index contributed by atoms with van der Waals surface area (Å²) < 4.78 is 6.58. The Bertz CT molecular complexity index is 685. The molecule has 0 spiro atoms. The van der Waals surface area contributed by atoms with Crippen molar-refractivity contribution in [2.75, 3.05) is 13.2 Å². The van der Waals surface area contributed by atoms with Crippen LogP contribution in [0.2, 0.25) is 0 Å². The average Bonchev–Trinajstić information content (AvgIpc) is 2.53. The summed E-state index contributed by atoms with van der Waals surface area (Å²) in [7, 11) is 0. The van der Waals surface area contributed by atoms with Gasteiger partial charge in [-0.25, -0.2) is 0 Å². The van der Waals surface area contributed by atoms with E-state index in [0.717, 1.165) is 15.8 Å². The Balaban J connectivity index is 1.84. The SMILES string of the molecule is C[C@@H]1[C@H](C(=O)O)CCCN1C(=O)C1=Cc2cc(Br)ccc2OC1. The molecule has 0 unspecified atom stereocenters. The fraction of sp³-hybridized carbons (Fsp3) is 0.412. The molecule has 2 heterocycles. The van der Waals surface area contributed by atoms with Crippen molar-refractivity contribution in [3.63, 3.8) is 0 Å². The van der Waals surface area contributed by atoms with Crippen molar-refractivity contribution >= 4 is 33.9 Å². The third-order valence-electron chi connectivity index (χ3n) is 4.53. The number of carbonyl (C=O) groups is 2. The molecule has 0 saturated carbocycles. The lowest BCUT2D eigenvalue weighted by molar-refractivity contribution is -0.148. The Morgan fingerprint density at radius 1 is 1.39 bits per heavy atom. The summed E-state index contributed by atoms with van der Waals surface area (Å²) in [5.41, 5.74) is 1.42. The van der Waals surface area contributed by atoms with Gasteiger partial charge in [0.15, 0.2) is 0 Å². The molecular formula is C17H18BrNO4. The first kappa shape index (κ1) is 16.1. The molecule has 6 heteroatoms. The lowest BCUT2D eigenvalue weighted by atomic mass is 9.89. The van der Waals surface area contributed by atoms with E-state index in [1.165, 1.54) is 0 Å². The standard InChI is InChI=1S/C17H18BrNO4/c1-10-14(17(21)22)3-2-6-19(10)16(20)12-7-11-8-13(18)4-5-15(11)23-9-12/h4-5,7-8,10,14H,2-3,6,9H2,1H3,(H,21,22)/t10-,14-/m1/s1. The van der Waals surface area contributed by atoms with Crippen molar-refractivity contribution in [3.05, 3.63) is 33.8 Å². The number of carboxylic acid groups (broad SMARTS) is 1. The first-order chi connectivity index (χ1) is 11.0. The highest BCUT2D eigenvalue weighted by Crippen LogP contribution is 2.31. The second-order valence-electron chi connectivity index (χ2n) is 5.97. The number of carboxylic acids is 1. The number of carbonyl (C=O) groups excluding carboxylic acids is 1. The van der Waals surface area contributed by atoms with Crippen molar-refractivity contribution in [2.45, 2.75) is 25.8 Å². The predicted molar refractivity (Wildman–Crippen MR) is 89.1 cm³/mol. The minimum atomic E-state index is -0.835. The lowest BCUT2D eigenvalue weighted by Crippen LogP contribution is -2.50. The molecule has 1 aromatic rings. The zero-order valence-corrected chi connectivity index (χ0v) is 14.4. The van der Waals surface area contributed by atoms with Crippen LogP contribution in [0.1, 0.15) is 25.3 Å². The summed E-state index contributed by atoms with van der Waals surface area (Å²) >= 11 is 3.41. The summed E-state index contributed by atoms with van der Waals surface area (Å²) in [6.45, 7) is 2.62. The summed E-state index contributed by atoms with van der Waals surface area (Å²) in [4.78, 5) is 25.8. The van der Waals surface area contributed by atoms with Crippen LogP contribution < -0.4 is 4.74 Å². The van der Waals surface area contributed by atoms with Crippen molar-refractivity contribution in [1.82, 2.24) is 4.90 Å². The first-order valence-corrected chi connectivity index (χ1v) is 8.43. The molecule has 1 saturated heterocycles. The summed E-state index contributed by atoms with van der Waals surface area (Å²) in [5, 5.41) is 9.30. The van der Waals surface area contributed by atoms with Gasteiger partial charge in [-0.15, -0.1) is 0 Å². The van der Waals surface area contributed by atoms with Gasteiger partial charge >= 0.3 is 5.97 Å². The highest BCUT2D eigenvalue weighted by molar-refractivity contribution is 9.10. The van der Waals surface area contributed by atoms with Crippen LogP contribution in [0.4, 0.5) is 0 Å². The zero-order valence-electron chi connectivity index (χ0n) is 12.8. The van der Waals surface area contributed by atoms with Gasteiger partial charge in [0.2, 0.25) is 0 Å². The summed E-state index contributed by atoms with van der Waals surface area (Å²) in [6, 6.07) is 5.35. The molecule has 2 atom stereocenters. The van der Waals surface area contributed by atoms with E-state index in [1.54, 1.807) is 4.90 Å². The Kier molecular flexibility index (Phi) is 4.43. The van der Waals surface area contributed by atoms with E-state index in [4.69, 9.17) is 4.74 Å². The maximum Gasteiger partial charge on any atom is 0.308 e. The number of piperidine rings is 1. The van der Waals surface area contributed by atoms with Crippen LogP contribution in [0.5, 0.6) is 5.75 Å². The maximum absolute atomic E-state index is 12.8. The predicted octanol–water partition coefficient (Wildman–Crippen LogP) is 2.94. The molecule has 122 valence electrons.